The highest BCUT2D eigenvalue weighted by Crippen LogP contribution is 2.12. The smallest absolute Gasteiger partial charge is 0.268 e. The Morgan fingerprint density at radius 3 is 3.08 bits per heavy atom. The minimum atomic E-state index is 0.418. The SMILES string of the molecule is Cc1cccnc1Nc1nn[nH]n1. The Bertz CT molecular complexity index is 382. The lowest BCUT2D eigenvalue weighted by atomic mass is 10.3. The number of pyridine rings is 1. The average Bonchev–Trinajstić information content (AvgIpc) is 2.61. The van der Waals surface area contributed by atoms with Crippen molar-refractivity contribution in [2.45, 2.75) is 6.92 Å². The van der Waals surface area contributed by atoms with Crippen LogP contribution >= 0.6 is 0 Å². The topological polar surface area (TPSA) is 79.4 Å². The van der Waals surface area contributed by atoms with Crippen molar-refractivity contribution in [1.82, 2.24) is 25.6 Å². The molecule has 0 aromatic carbocycles. The number of rotatable bonds is 2. The summed E-state index contributed by atoms with van der Waals surface area (Å²) in [5, 5.41) is 16.2. The largest absolute Gasteiger partial charge is 0.306 e. The fraction of sp³-hybridized carbons (Fsp3) is 0.143. The molecule has 0 spiro atoms. The Labute approximate surface area is 74.4 Å². The van der Waals surface area contributed by atoms with Gasteiger partial charge in [-0.25, -0.2) is 4.98 Å². The third-order valence-corrected chi connectivity index (χ3v) is 1.58. The zero-order valence-corrected chi connectivity index (χ0v) is 7.02. The molecular formula is C7H8N6. The lowest BCUT2D eigenvalue weighted by Gasteiger charge is -2.02. The minimum Gasteiger partial charge on any atom is -0.306 e. The number of aromatic nitrogens is 5. The number of nitrogens with zero attached hydrogens (tertiary/aromatic N) is 4. The van der Waals surface area contributed by atoms with Crippen LogP contribution in [0.4, 0.5) is 11.8 Å². The quantitative estimate of drug-likeness (QED) is 0.702. The number of tetrazole rings is 1. The van der Waals surface area contributed by atoms with Crippen LogP contribution in [0.25, 0.3) is 0 Å². The van der Waals surface area contributed by atoms with Crippen LogP contribution < -0.4 is 5.32 Å². The second-order valence-corrected chi connectivity index (χ2v) is 2.53. The van der Waals surface area contributed by atoms with Crippen molar-refractivity contribution < 1.29 is 0 Å². The van der Waals surface area contributed by atoms with E-state index in [-0.39, 0.29) is 0 Å². The minimum absolute atomic E-state index is 0.418. The molecule has 0 saturated carbocycles. The standard InChI is InChI=1S/C7H8N6/c1-5-3-2-4-8-6(5)9-7-10-12-13-11-7/h2-4H,1H3,(H2,8,9,10,11,12,13). The molecule has 2 heterocycles. The van der Waals surface area contributed by atoms with Crippen LogP contribution in [0.1, 0.15) is 5.56 Å². The Kier molecular flexibility index (Phi) is 1.87. The molecular weight excluding hydrogens is 168 g/mol. The molecule has 2 rings (SSSR count). The maximum absolute atomic E-state index is 4.12. The number of aromatic amines is 1. The monoisotopic (exact) mass is 176 g/mol. The van der Waals surface area contributed by atoms with Gasteiger partial charge in [0.15, 0.2) is 0 Å². The lowest BCUT2D eigenvalue weighted by Crippen LogP contribution is -1.97. The maximum atomic E-state index is 4.12. The third kappa shape index (κ3) is 1.61. The Morgan fingerprint density at radius 2 is 2.38 bits per heavy atom. The first-order valence-corrected chi connectivity index (χ1v) is 3.78. The van der Waals surface area contributed by atoms with E-state index in [1.807, 2.05) is 19.1 Å². The summed E-state index contributed by atoms with van der Waals surface area (Å²) in [6.45, 7) is 1.95. The van der Waals surface area contributed by atoms with Gasteiger partial charge in [0.2, 0.25) is 0 Å². The molecule has 0 saturated heterocycles. The number of hydrogen-bond donors (Lipinski definition) is 2. The van der Waals surface area contributed by atoms with E-state index >= 15 is 0 Å². The third-order valence-electron chi connectivity index (χ3n) is 1.58. The summed E-state index contributed by atoms with van der Waals surface area (Å²) in [5.41, 5.74) is 1.03. The summed E-state index contributed by atoms with van der Waals surface area (Å²) in [5.74, 6) is 1.16. The molecule has 0 atom stereocenters. The number of hydrogen-bond acceptors (Lipinski definition) is 5. The van der Waals surface area contributed by atoms with Crippen LogP contribution in [-0.4, -0.2) is 25.6 Å². The first-order valence-electron chi connectivity index (χ1n) is 3.78. The summed E-state index contributed by atoms with van der Waals surface area (Å²) in [7, 11) is 0. The van der Waals surface area contributed by atoms with Gasteiger partial charge in [-0.05, 0) is 23.8 Å². The van der Waals surface area contributed by atoms with E-state index in [2.05, 4.69) is 30.9 Å². The van der Waals surface area contributed by atoms with Crippen molar-refractivity contribution >= 4 is 11.8 Å². The van der Waals surface area contributed by atoms with Gasteiger partial charge in [-0.3, -0.25) is 0 Å². The highest BCUT2D eigenvalue weighted by molar-refractivity contribution is 5.51. The van der Waals surface area contributed by atoms with Crippen molar-refractivity contribution in [2.75, 3.05) is 5.32 Å². The summed E-state index contributed by atoms with van der Waals surface area (Å²) >= 11 is 0. The fourth-order valence-corrected chi connectivity index (χ4v) is 0.937. The normalized spacial score (nSPS) is 9.92. The van der Waals surface area contributed by atoms with Crippen molar-refractivity contribution in [1.29, 1.82) is 0 Å². The van der Waals surface area contributed by atoms with E-state index < -0.39 is 0 Å². The number of nitrogens with one attached hydrogen (secondary N) is 2. The molecule has 0 aliphatic carbocycles. The van der Waals surface area contributed by atoms with Crippen molar-refractivity contribution in [3.05, 3.63) is 23.9 Å². The van der Waals surface area contributed by atoms with Gasteiger partial charge in [0.05, 0.1) is 0 Å². The fourth-order valence-electron chi connectivity index (χ4n) is 0.937. The molecule has 66 valence electrons. The molecule has 0 aliphatic rings. The molecule has 6 nitrogen and oxygen atoms in total. The van der Waals surface area contributed by atoms with Crippen LogP contribution in [0, 0.1) is 6.92 Å². The van der Waals surface area contributed by atoms with Gasteiger partial charge in [0.25, 0.3) is 5.95 Å². The van der Waals surface area contributed by atoms with Gasteiger partial charge in [-0.2, -0.15) is 5.21 Å². The molecule has 2 N–H and O–H groups in total. The number of anilines is 2. The molecule has 2 aromatic heterocycles. The highest BCUT2D eigenvalue weighted by atomic mass is 15.5. The van der Waals surface area contributed by atoms with Gasteiger partial charge in [-0.1, -0.05) is 11.2 Å². The summed E-state index contributed by atoms with van der Waals surface area (Å²) in [6.07, 6.45) is 1.70. The Balaban J connectivity index is 2.24. The van der Waals surface area contributed by atoms with Crippen LogP contribution in [0.5, 0.6) is 0 Å². The molecule has 0 fully saturated rings. The van der Waals surface area contributed by atoms with Gasteiger partial charge >= 0.3 is 0 Å². The molecule has 0 unspecified atom stereocenters. The predicted molar refractivity (Wildman–Crippen MR) is 46.4 cm³/mol. The van der Waals surface area contributed by atoms with Crippen LogP contribution in [0.15, 0.2) is 18.3 Å². The van der Waals surface area contributed by atoms with E-state index in [1.54, 1.807) is 6.20 Å². The molecule has 0 amide bonds. The van der Waals surface area contributed by atoms with Crippen LogP contribution in [-0.2, 0) is 0 Å². The summed E-state index contributed by atoms with van der Waals surface area (Å²) in [4.78, 5) is 4.12. The number of aryl methyl sites for hydroxylation is 1. The lowest BCUT2D eigenvalue weighted by molar-refractivity contribution is 0.881. The number of H-pyrrole nitrogens is 1. The van der Waals surface area contributed by atoms with Crippen LogP contribution in [0.3, 0.4) is 0 Å². The van der Waals surface area contributed by atoms with Crippen LogP contribution in [0.2, 0.25) is 0 Å². The van der Waals surface area contributed by atoms with E-state index in [4.69, 9.17) is 0 Å². The zero-order valence-electron chi connectivity index (χ0n) is 7.02. The Morgan fingerprint density at radius 1 is 1.46 bits per heavy atom. The second kappa shape index (κ2) is 3.18. The summed E-state index contributed by atoms with van der Waals surface area (Å²) in [6, 6.07) is 3.83. The van der Waals surface area contributed by atoms with E-state index in [0.717, 1.165) is 11.4 Å². The average molecular weight is 176 g/mol. The molecule has 0 radical (unpaired) electrons. The molecule has 2 aromatic rings. The van der Waals surface area contributed by atoms with Crippen molar-refractivity contribution in [3.8, 4) is 0 Å². The molecule has 0 bridgehead atoms. The highest BCUT2D eigenvalue weighted by Gasteiger charge is 2.01. The van der Waals surface area contributed by atoms with Gasteiger partial charge in [0, 0.05) is 6.20 Å². The first kappa shape index (κ1) is 7.66. The van der Waals surface area contributed by atoms with E-state index in [9.17, 15) is 0 Å². The van der Waals surface area contributed by atoms with Crippen molar-refractivity contribution in [3.63, 3.8) is 0 Å². The molecule has 0 aliphatic heterocycles. The zero-order chi connectivity index (χ0) is 9.10. The van der Waals surface area contributed by atoms with Gasteiger partial charge in [-0.15, -0.1) is 5.10 Å². The van der Waals surface area contributed by atoms with E-state index in [0.29, 0.717) is 5.95 Å². The molecule has 6 heteroatoms. The van der Waals surface area contributed by atoms with Gasteiger partial charge in [0.1, 0.15) is 5.82 Å². The van der Waals surface area contributed by atoms with Gasteiger partial charge < -0.3 is 5.32 Å². The first-order chi connectivity index (χ1) is 6.36. The second-order valence-electron chi connectivity index (χ2n) is 2.53. The van der Waals surface area contributed by atoms with E-state index in [1.165, 1.54) is 0 Å². The predicted octanol–water partition coefficient (Wildman–Crippen LogP) is 0.647. The maximum Gasteiger partial charge on any atom is 0.268 e. The van der Waals surface area contributed by atoms with Crippen molar-refractivity contribution in [2.24, 2.45) is 0 Å². The Hall–Kier alpha value is -1.98. The molecule has 13 heavy (non-hydrogen) atoms. The summed E-state index contributed by atoms with van der Waals surface area (Å²) < 4.78 is 0.